The molecule has 1 aliphatic rings. The van der Waals surface area contributed by atoms with E-state index in [2.05, 4.69) is 10.00 Å². The lowest BCUT2D eigenvalue weighted by molar-refractivity contribution is -0.130. The molecule has 6 nitrogen and oxygen atoms in total. The Kier molecular flexibility index (Phi) is 4.65. The number of anilines is 1. The number of likely N-dealkylation sites (tertiary alicyclic amines) is 1. The summed E-state index contributed by atoms with van der Waals surface area (Å²) in [6, 6.07) is 1.91. The lowest BCUT2D eigenvalue weighted by Gasteiger charge is -2.32. The van der Waals surface area contributed by atoms with Gasteiger partial charge in [-0.15, -0.1) is 0 Å². The van der Waals surface area contributed by atoms with Crippen LogP contribution in [0.5, 0.6) is 0 Å². The third-order valence-electron chi connectivity index (χ3n) is 3.93. The zero-order valence-corrected chi connectivity index (χ0v) is 12.7. The van der Waals surface area contributed by atoms with Crippen molar-refractivity contribution in [1.29, 1.82) is 0 Å². The first-order chi connectivity index (χ1) is 9.45. The van der Waals surface area contributed by atoms with Crippen LogP contribution < -0.4 is 5.73 Å². The Morgan fingerprint density at radius 2 is 2.10 bits per heavy atom. The SMILES string of the molecule is Cc1cc(N)n(CC2CCN(CC(=O)N(C)C)CC2)n1. The Hall–Kier alpha value is -1.56. The fraction of sp³-hybridized carbons (Fsp3) is 0.714. The van der Waals surface area contributed by atoms with Crippen molar-refractivity contribution in [2.75, 3.05) is 39.5 Å². The largest absolute Gasteiger partial charge is 0.384 e. The van der Waals surface area contributed by atoms with Crippen molar-refractivity contribution in [2.45, 2.75) is 26.3 Å². The molecule has 0 bridgehead atoms. The molecule has 1 amide bonds. The molecule has 0 saturated carbocycles. The molecule has 0 unspecified atom stereocenters. The van der Waals surface area contributed by atoms with Gasteiger partial charge < -0.3 is 10.6 Å². The molecule has 112 valence electrons. The standard InChI is InChI=1S/C14H25N5O/c1-11-8-13(15)19(16-11)9-12-4-6-18(7-5-12)10-14(20)17(2)3/h8,12H,4-7,9-10,15H2,1-3H3. The summed E-state index contributed by atoms with van der Waals surface area (Å²) in [4.78, 5) is 15.6. The Bertz CT molecular complexity index is 460. The number of hydrogen-bond acceptors (Lipinski definition) is 4. The number of nitrogens with two attached hydrogens (primary N) is 1. The molecule has 1 aliphatic heterocycles. The molecule has 1 aromatic rings. The van der Waals surface area contributed by atoms with Gasteiger partial charge in [0.25, 0.3) is 0 Å². The molecule has 2 rings (SSSR count). The van der Waals surface area contributed by atoms with E-state index in [-0.39, 0.29) is 5.91 Å². The van der Waals surface area contributed by atoms with Gasteiger partial charge in [0.05, 0.1) is 12.2 Å². The number of carbonyl (C=O) groups is 1. The summed E-state index contributed by atoms with van der Waals surface area (Å²) in [5.41, 5.74) is 6.89. The maximum absolute atomic E-state index is 11.7. The molecule has 0 spiro atoms. The lowest BCUT2D eigenvalue weighted by Crippen LogP contribution is -2.41. The first-order valence-electron chi connectivity index (χ1n) is 7.18. The lowest BCUT2D eigenvalue weighted by atomic mass is 9.97. The molecule has 0 atom stereocenters. The fourth-order valence-corrected chi connectivity index (χ4v) is 2.62. The average molecular weight is 279 g/mol. The van der Waals surface area contributed by atoms with Crippen molar-refractivity contribution in [1.82, 2.24) is 19.6 Å². The Morgan fingerprint density at radius 3 is 2.60 bits per heavy atom. The van der Waals surface area contributed by atoms with Crippen molar-refractivity contribution in [2.24, 2.45) is 5.92 Å². The number of likely N-dealkylation sites (N-methyl/N-ethyl adjacent to an activating group) is 1. The number of rotatable bonds is 4. The van der Waals surface area contributed by atoms with Crippen molar-refractivity contribution in [3.8, 4) is 0 Å². The summed E-state index contributed by atoms with van der Waals surface area (Å²) in [6.45, 7) is 5.33. The van der Waals surface area contributed by atoms with Crippen LogP contribution in [0.1, 0.15) is 18.5 Å². The third-order valence-corrected chi connectivity index (χ3v) is 3.93. The fourth-order valence-electron chi connectivity index (χ4n) is 2.62. The molecule has 6 heteroatoms. The van der Waals surface area contributed by atoms with Gasteiger partial charge in [-0.05, 0) is 38.8 Å². The van der Waals surface area contributed by atoms with Crippen LogP contribution in [-0.4, -0.2) is 59.2 Å². The number of aryl methyl sites for hydroxylation is 1. The van der Waals surface area contributed by atoms with Gasteiger partial charge >= 0.3 is 0 Å². The summed E-state index contributed by atoms with van der Waals surface area (Å²) < 4.78 is 1.90. The highest BCUT2D eigenvalue weighted by atomic mass is 16.2. The van der Waals surface area contributed by atoms with Crippen LogP contribution in [-0.2, 0) is 11.3 Å². The van der Waals surface area contributed by atoms with E-state index < -0.39 is 0 Å². The van der Waals surface area contributed by atoms with Crippen molar-refractivity contribution < 1.29 is 4.79 Å². The van der Waals surface area contributed by atoms with Gasteiger partial charge in [-0.1, -0.05) is 0 Å². The summed E-state index contributed by atoms with van der Waals surface area (Å²) >= 11 is 0. The van der Waals surface area contributed by atoms with Gasteiger partial charge in [0.15, 0.2) is 0 Å². The minimum Gasteiger partial charge on any atom is -0.384 e. The highest BCUT2D eigenvalue weighted by Crippen LogP contribution is 2.20. The molecule has 0 radical (unpaired) electrons. The van der Waals surface area contributed by atoms with Crippen LogP contribution in [0.4, 0.5) is 5.82 Å². The molecule has 20 heavy (non-hydrogen) atoms. The van der Waals surface area contributed by atoms with E-state index in [0.29, 0.717) is 12.5 Å². The maximum Gasteiger partial charge on any atom is 0.236 e. The zero-order valence-electron chi connectivity index (χ0n) is 12.7. The van der Waals surface area contributed by atoms with E-state index in [4.69, 9.17) is 5.73 Å². The van der Waals surface area contributed by atoms with Gasteiger partial charge in [0.2, 0.25) is 5.91 Å². The molecule has 0 aromatic carbocycles. The first kappa shape index (κ1) is 14.8. The van der Waals surface area contributed by atoms with Crippen LogP contribution >= 0.6 is 0 Å². The van der Waals surface area contributed by atoms with Crippen LogP contribution in [0.15, 0.2) is 6.07 Å². The van der Waals surface area contributed by atoms with Crippen molar-refractivity contribution in [3.05, 3.63) is 11.8 Å². The molecule has 1 saturated heterocycles. The van der Waals surface area contributed by atoms with E-state index in [1.165, 1.54) is 0 Å². The third kappa shape index (κ3) is 3.72. The minimum absolute atomic E-state index is 0.176. The number of amides is 1. The van der Waals surface area contributed by atoms with Gasteiger partial charge in [0, 0.05) is 26.7 Å². The Morgan fingerprint density at radius 1 is 1.45 bits per heavy atom. The quantitative estimate of drug-likeness (QED) is 0.875. The van der Waals surface area contributed by atoms with Gasteiger partial charge in [-0.3, -0.25) is 9.69 Å². The van der Waals surface area contributed by atoms with Crippen molar-refractivity contribution in [3.63, 3.8) is 0 Å². The first-order valence-corrected chi connectivity index (χ1v) is 7.18. The van der Waals surface area contributed by atoms with Gasteiger partial charge in [-0.2, -0.15) is 5.10 Å². The van der Waals surface area contributed by atoms with E-state index in [0.717, 1.165) is 44.0 Å². The second-order valence-electron chi connectivity index (χ2n) is 5.90. The topological polar surface area (TPSA) is 67.4 Å². The second-order valence-corrected chi connectivity index (χ2v) is 5.90. The predicted octanol–water partition coefficient (Wildman–Crippen LogP) is 0.574. The molecular formula is C14H25N5O. The molecule has 0 aliphatic carbocycles. The minimum atomic E-state index is 0.176. The summed E-state index contributed by atoms with van der Waals surface area (Å²) in [5.74, 6) is 1.52. The van der Waals surface area contributed by atoms with E-state index in [1.54, 1.807) is 19.0 Å². The number of hydrogen-bond donors (Lipinski definition) is 1. The van der Waals surface area contributed by atoms with E-state index in [1.807, 2.05) is 17.7 Å². The molecule has 1 aromatic heterocycles. The van der Waals surface area contributed by atoms with Crippen LogP contribution in [0.2, 0.25) is 0 Å². The Balaban J connectivity index is 1.80. The highest BCUT2D eigenvalue weighted by molar-refractivity contribution is 5.77. The molecule has 2 N–H and O–H groups in total. The van der Waals surface area contributed by atoms with Crippen LogP contribution in [0.3, 0.4) is 0 Å². The number of nitrogens with zero attached hydrogens (tertiary/aromatic N) is 4. The van der Waals surface area contributed by atoms with Crippen molar-refractivity contribution >= 4 is 11.7 Å². The maximum atomic E-state index is 11.7. The van der Waals surface area contributed by atoms with Gasteiger partial charge in [-0.25, -0.2) is 4.68 Å². The molecular weight excluding hydrogens is 254 g/mol. The van der Waals surface area contributed by atoms with Crippen LogP contribution in [0.25, 0.3) is 0 Å². The summed E-state index contributed by atoms with van der Waals surface area (Å²) in [5, 5.41) is 4.41. The predicted molar refractivity (Wildman–Crippen MR) is 79.2 cm³/mol. The summed E-state index contributed by atoms with van der Waals surface area (Å²) in [7, 11) is 3.61. The van der Waals surface area contributed by atoms with E-state index in [9.17, 15) is 4.79 Å². The van der Waals surface area contributed by atoms with Gasteiger partial charge in [0.1, 0.15) is 5.82 Å². The number of piperidine rings is 1. The monoisotopic (exact) mass is 279 g/mol. The van der Waals surface area contributed by atoms with Crippen LogP contribution in [0, 0.1) is 12.8 Å². The number of nitrogen functional groups attached to an aromatic ring is 1. The number of aromatic nitrogens is 2. The van der Waals surface area contributed by atoms with E-state index >= 15 is 0 Å². The number of carbonyl (C=O) groups excluding carboxylic acids is 1. The zero-order chi connectivity index (χ0) is 14.7. The smallest absolute Gasteiger partial charge is 0.236 e. The second kappa shape index (κ2) is 6.26. The highest BCUT2D eigenvalue weighted by Gasteiger charge is 2.22. The summed E-state index contributed by atoms with van der Waals surface area (Å²) in [6.07, 6.45) is 2.19. The molecule has 2 heterocycles. The normalized spacial score (nSPS) is 17.4. The Labute approximate surface area is 120 Å². The average Bonchev–Trinajstić information content (AvgIpc) is 2.70. The molecule has 1 fully saturated rings.